The zero-order valence-corrected chi connectivity index (χ0v) is 20.1. The SMILES string of the molecule is O=C(CN1CCOCC1)Nc1ccc(NC(=O)[C@@H](Cc2ccccc2)NC(=O)c2cccs2)cc1. The molecule has 35 heavy (non-hydrogen) atoms. The highest BCUT2D eigenvalue weighted by Gasteiger charge is 2.23. The molecule has 3 aromatic rings. The summed E-state index contributed by atoms with van der Waals surface area (Å²) in [5, 5.41) is 10.4. The Morgan fingerprint density at radius 2 is 1.57 bits per heavy atom. The molecule has 9 heteroatoms. The molecular weight excluding hydrogens is 464 g/mol. The van der Waals surface area contributed by atoms with Gasteiger partial charge in [0.05, 0.1) is 24.6 Å². The van der Waals surface area contributed by atoms with E-state index in [1.807, 2.05) is 40.6 Å². The lowest BCUT2D eigenvalue weighted by atomic mass is 10.0. The van der Waals surface area contributed by atoms with Crippen LogP contribution in [0, 0.1) is 0 Å². The summed E-state index contributed by atoms with van der Waals surface area (Å²) in [4.78, 5) is 40.6. The van der Waals surface area contributed by atoms with Gasteiger partial charge in [-0.15, -0.1) is 11.3 Å². The standard InChI is InChI=1S/C26H28N4O4S/c31-24(18-30-12-14-34-15-13-30)27-20-8-10-21(11-9-20)28-25(32)22(17-19-5-2-1-3-6-19)29-26(33)23-7-4-16-35-23/h1-11,16,22H,12-15,17-18H2,(H,27,31)(H,28,32)(H,29,33)/t22-/m1/s1. The van der Waals surface area contributed by atoms with Crippen LogP contribution in [-0.4, -0.2) is 61.5 Å². The van der Waals surface area contributed by atoms with Crippen LogP contribution >= 0.6 is 11.3 Å². The number of hydrogen-bond acceptors (Lipinski definition) is 6. The second kappa shape index (κ2) is 12.3. The summed E-state index contributed by atoms with van der Waals surface area (Å²) in [6.45, 7) is 3.07. The highest BCUT2D eigenvalue weighted by molar-refractivity contribution is 7.12. The van der Waals surface area contributed by atoms with Crippen LogP contribution in [0.5, 0.6) is 0 Å². The highest BCUT2D eigenvalue weighted by Crippen LogP contribution is 2.16. The first-order chi connectivity index (χ1) is 17.1. The van der Waals surface area contributed by atoms with Gasteiger partial charge in [-0.1, -0.05) is 36.4 Å². The smallest absolute Gasteiger partial charge is 0.262 e. The minimum Gasteiger partial charge on any atom is -0.379 e. The quantitative estimate of drug-likeness (QED) is 0.427. The zero-order valence-electron chi connectivity index (χ0n) is 19.2. The summed E-state index contributed by atoms with van der Waals surface area (Å²) in [5.74, 6) is -0.694. The van der Waals surface area contributed by atoms with Gasteiger partial charge >= 0.3 is 0 Å². The van der Waals surface area contributed by atoms with Crippen LogP contribution in [0.3, 0.4) is 0 Å². The number of nitrogens with one attached hydrogen (secondary N) is 3. The van der Waals surface area contributed by atoms with Crippen molar-refractivity contribution >= 4 is 40.4 Å². The lowest BCUT2D eigenvalue weighted by Gasteiger charge is -2.25. The first-order valence-corrected chi connectivity index (χ1v) is 12.3. The average molecular weight is 493 g/mol. The second-order valence-corrected chi connectivity index (χ2v) is 9.14. The van der Waals surface area contributed by atoms with Crippen molar-refractivity contribution in [2.24, 2.45) is 0 Å². The molecule has 0 bridgehead atoms. The molecule has 3 amide bonds. The molecule has 2 aromatic carbocycles. The third kappa shape index (κ3) is 7.48. The number of benzene rings is 2. The number of anilines is 2. The predicted octanol–water partition coefficient (Wildman–Crippen LogP) is 3.00. The minimum atomic E-state index is -0.750. The van der Waals surface area contributed by atoms with Crippen molar-refractivity contribution in [3.8, 4) is 0 Å². The fraction of sp³-hybridized carbons (Fsp3) is 0.269. The Bertz CT molecular complexity index is 1110. The molecule has 0 spiro atoms. The van der Waals surface area contributed by atoms with E-state index in [2.05, 4.69) is 16.0 Å². The van der Waals surface area contributed by atoms with Gasteiger partial charge in [-0.05, 0) is 41.3 Å². The van der Waals surface area contributed by atoms with E-state index in [9.17, 15) is 14.4 Å². The Kier molecular flexibility index (Phi) is 8.61. The molecule has 0 unspecified atom stereocenters. The van der Waals surface area contributed by atoms with Gasteiger partial charge < -0.3 is 20.7 Å². The third-order valence-corrected chi connectivity index (χ3v) is 6.43. The van der Waals surface area contributed by atoms with Crippen molar-refractivity contribution in [2.45, 2.75) is 12.5 Å². The number of morpholine rings is 1. The molecule has 0 radical (unpaired) electrons. The number of carbonyl (C=O) groups excluding carboxylic acids is 3. The molecule has 8 nitrogen and oxygen atoms in total. The van der Waals surface area contributed by atoms with Crippen molar-refractivity contribution in [1.82, 2.24) is 10.2 Å². The number of rotatable bonds is 9. The van der Waals surface area contributed by atoms with E-state index >= 15 is 0 Å². The second-order valence-electron chi connectivity index (χ2n) is 8.20. The molecule has 1 saturated heterocycles. The Labute approximate surface area is 208 Å². The number of carbonyl (C=O) groups is 3. The van der Waals surface area contributed by atoms with E-state index in [0.29, 0.717) is 42.4 Å². The minimum absolute atomic E-state index is 0.0945. The molecule has 182 valence electrons. The molecule has 0 aliphatic carbocycles. The molecule has 1 aliphatic heterocycles. The summed E-state index contributed by atoms with van der Waals surface area (Å²) in [6.07, 6.45) is 0.361. The van der Waals surface area contributed by atoms with Gasteiger partial charge in [0.15, 0.2) is 0 Å². The van der Waals surface area contributed by atoms with Crippen LogP contribution in [0.15, 0.2) is 72.1 Å². The normalized spacial score (nSPS) is 14.6. The number of thiophene rings is 1. The summed E-state index contributed by atoms with van der Waals surface area (Å²) in [6, 6.07) is 19.3. The number of amides is 3. The Morgan fingerprint density at radius 3 is 2.23 bits per heavy atom. The van der Waals surface area contributed by atoms with Gasteiger partial charge in [-0.25, -0.2) is 0 Å². The van der Waals surface area contributed by atoms with Crippen molar-refractivity contribution in [2.75, 3.05) is 43.5 Å². The Balaban J connectivity index is 1.36. The molecule has 3 N–H and O–H groups in total. The Hall–Kier alpha value is -3.53. The van der Waals surface area contributed by atoms with E-state index in [0.717, 1.165) is 18.7 Å². The van der Waals surface area contributed by atoms with Gasteiger partial charge in [-0.3, -0.25) is 19.3 Å². The van der Waals surface area contributed by atoms with E-state index in [-0.39, 0.29) is 17.7 Å². The Morgan fingerprint density at radius 1 is 0.886 bits per heavy atom. The molecule has 0 saturated carbocycles. The molecule has 1 atom stereocenters. The van der Waals surface area contributed by atoms with Crippen molar-refractivity contribution in [3.05, 3.63) is 82.6 Å². The molecule has 2 heterocycles. The van der Waals surface area contributed by atoms with Gasteiger partial charge in [0, 0.05) is 30.9 Å². The topological polar surface area (TPSA) is 99.8 Å². The van der Waals surface area contributed by atoms with E-state index in [1.54, 1.807) is 36.4 Å². The lowest BCUT2D eigenvalue weighted by molar-refractivity contribution is -0.118. The number of nitrogens with zero attached hydrogens (tertiary/aromatic N) is 1. The van der Waals surface area contributed by atoms with Crippen molar-refractivity contribution in [1.29, 1.82) is 0 Å². The highest BCUT2D eigenvalue weighted by atomic mass is 32.1. The molecule has 1 aromatic heterocycles. The molecule has 1 fully saturated rings. The van der Waals surface area contributed by atoms with Crippen LogP contribution < -0.4 is 16.0 Å². The zero-order chi connectivity index (χ0) is 24.5. The van der Waals surface area contributed by atoms with Crippen molar-refractivity contribution < 1.29 is 19.1 Å². The van der Waals surface area contributed by atoms with Crippen LogP contribution in [0.25, 0.3) is 0 Å². The van der Waals surface area contributed by atoms with Gasteiger partial charge in [-0.2, -0.15) is 0 Å². The summed E-state index contributed by atoms with van der Waals surface area (Å²) in [7, 11) is 0. The first kappa shape index (κ1) is 24.6. The molecule has 1 aliphatic rings. The van der Waals surface area contributed by atoms with Gasteiger partial charge in [0.2, 0.25) is 11.8 Å². The maximum atomic E-state index is 13.1. The van der Waals surface area contributed by atoms with Crippen LogP contribution in [0.1, 0.15) is 15.2 Å². The number of hydrogen-bond donors (Lipinski definition) is 3. The van der Waals surface area contributed by atoms with Gasteiger partial charge in [0.25, 0.3) is 5.91 Å². The van der Waals surface area contributed by atoms with Crippen LogP contribution in [-0.2, 0) is 20.7 Å². The lowest BCUT2D eigenvalue weighted by Crippen LogP contribution is -2.45. The number of ether oxygens (including phenoxy) is 1. The fourth-order valence-corrected chi connectivity index (χ4v) is 4.35. The first-order valence-electron chi connectivity index (χ1n) is 11.5. The summed E-state index contributed by atoms with van der Waals surface area (Å²) in [5.41, 5.74) is 2.16. The molecule has 4 rings (SSSR count). The van der Waals surface area contributed by atoms with E-state index < -0.39 is 6.04 Å². The summed E-state index contributed by atoms with van der Waals surface area (Å²) >= 11 is 1.32. The predicted molar refractivity (Wildman–Crippen MR) is 137 cm³/mol. The summed E-state index contributed by atoms with van der Waals surface area (Å²) < 4.78 is 5.30. The van der Waals surface area contributed by atoms with Gasteiger partial charge in [0.1, 0.15) is 6.04 Å². The largest absolute Gasteiger partial charge is 0.379 e. The van der Waals surface area contributed by atoms with Crippen LogP contribution in [0.2, 0.25) is 0 Å². The fourth-order valence-electron chi connectivity index (χ4n) is 3.73. The monoisotopic (exact) mass is 492 g/mol. The average Bonchev–Trinajstić information content (AvgIpc) is 3.41. The third-order valence-electron chi connectivity index (χ3n) is 5.56. The van der Waals surface area contributed by atoms with Crippen LogP contribution in [0.4, 0.5) is 11.4 Å². The van der Waals surface area contributed by atoms with Crippen molar-refractivity contribution in [3.63, 3.8) is 0 Å². The maximum absolute atomic E-state index is 13.1. The van der Waals surface area contributed by atoms with E-state index in [1.165, 1.54) is 11.3 Å². The molecular formula is C26H28N4O4S. The van der Waals surface area contributed by atoms with E-state index in [4.69, 9.17) is 4.74 Å². The maximum Gasteiger partial charge on any atom is 0.262 e.